The number of benzene rings is 2. The number of nitrogens with zero attached hydrogens (tertiary/aromatic N) is 4. The van der Waals surface area contributed by atoms with E-state index in [4.69, 9.17) is 10.9 Å². The fourth-order valence-corrected chi connectivity index (χ4v) is 3.38. The summed E-state index contributed by atoms with van der Waals surface area (Å²) in [7, 11) is -3.87. The zero-order valence-electron chi connectivity index (χ0n) is 14.6. The van der Waals surface area contributed by atoms with E-state index in [9.17, 15) is 8.42 Å². The van der Waals surface area contributed by atoms with E-state index in [1.165, 1.54) is 18.3 Å². The standard InChI is InChI=1S/C19H16N6O2S/c20-18-8-9-22-19(24-18)25(14-5-3-6-16(11-14)28(21,26)27)15-10-13-4-1-2-7-17(13)23-12-15/h1-12H,(H2,20,22,24)(H2,21,26,27). The molecule has 0 spiro atoms. The number of rotatable bonds is 4. The average Bonchev–Trinajstić information content (AvgIpc) is 2.68. The Morgan fingerprint density at radius 3 is 2.50 bits per heavy atom. The van der Waals surface area contributed by atoms with Crippen LogP contribution in [0.1, 0.15) is 0 Å². The molecule has 0 aliphatic carbocycles. The second-order valence-electron chi connectivity index (χ2n) is 6.05. The number of anilines is 4. The molecule has 0 aliphatic heterocycles. The molecule has 28 heavy (non-hydrogen) atoms. The molecule has 0 unspecified atom stereocenters. The fraction of sp³-hybridized carbons (Fsp3) is 0. The Hall–Kier alpha value is -3.56. The van der Waals surface area contributed by atoms with Crippen LogP contribution in [-0.2, 0) is 10.0 Å². The molecule has 2 aromatic heterocycles. The summed E-state index contributed by atoms with van der Waals surface area (Å²) in [4.78, 5) is 14.7. The maximum absolute atomic E-state index is 11.8. The molecule has 0 aliphatic rings. The molecule has 0 fully saturated rings. The topological polar surface area (TPSA) is 128 Å². The van der Waals surface area contributed by atoms with Gasteiger partial charge in [0, 0.05) is 11.6 Å². The van der Waals surface area contributed by atoms with Crippen LogP contribution < -0.4 is 15.8 Å². The molecular weight excluding hydrogens is 376 g/mol. The Morgan fingerprint density at radius 2 is 1.71 bits per heavy atom. The van der Waals surface area contributed by atoms with Gasteiger partial charge in [-0.1, -0.05) is 24.3 Å². The van der Waals surface area contributed by atoms with Gasteiger partial charge in [-0.15, -0.1) is 0 Å². The van der Waals surface area contributed by atoms with E-state index in [1.807, 2.05) is 30.3 Å². The minimum atomic E-state index is -3.87. The third-order valence-electron chi connectivity index (χ3n) is 4.10. The van der Waals surface area contributed by atoms with Crippen LogP contribution in [0.3, 0.4) is 0 Å². The van der Waals surface area contributed by atoms with E-state index < -0.39 is 10.0 Å². The molecule has 140 valence electrons. The lowest BCUT2D eigenvalue weighted by molar-refractivity contribution is 0.598. The zero-order chi connectivity index (χ0) is 19.7. The molecule has 0 radical (unpaired) electrons. The van der Waals surface area contributed by atoms with Gasteiger partial charge in [-0.3, -0.25) is 9.88 Å². The smallest absolute Gasteiger partial charge is 0.238 e. The first-order valence-corrected chi connectivity index (χ1v) is 9.83. The highest BCUT2D eigenvalue weighted by Crippen LogP contribution is 2.34. The molecule has 8 nitrogen and oxygen atoms in total. The monoisotopic (exact) mass is 392 g/mol. The van der Waals surface area contributed by atoms with Crippen molar-refractivity contribution in [3.63, 3.8) is 0 Å². The van der Waals surface area contributed by atoms with Crippen LogP contribution in [0.15, 0.2) is 78.0 Å². The summed E-state index contributed by atoms with van der Waals surface area (Å²) in [6.07, 6.45) is 3.20. The molecule has 4 aromatic rings. The molecule has 4 rings (SSSR count). The Morgan fingerprint density at radius 1 is 0.893 bits per heavy atom. The van der Waals surface area contributed by atoms with Gasteiger partial charge in [-0.05, 0) is 36.4 Å². The van der Waals surface area contributed by atoms with Crippen molar-refractivity contribution in [2.24, 2.45) is 5.14 Å². The van der Waals surface area contributed by atoms with E-state index in [0.717, 1.165) is 10.9 Å². The predicted octanol–water partition coefficient (Wildman–Crippen LogP) is 2.72. The lowest BCUT2D eigenvalue weighted by Gasteiger charge is -2.23. The quantitative estimate of drug-likeness (QED) is 0.546. The highest BCUT2D eigenvalue weighted by molar-refractivity contribution is 7.89. The number of hydrogen-bond acceptors (Lipinski definition) is 7. The van der Waals surface area contributed by atoms with Gasteiger partial charge in [-0.25, -0.2) is 18.5 Å². The van der Waals surface area contributed by atoms with E-state index in [-0.39, 0.29) is 16.7 Å². The number of nitrogens with two attached hydrogens (primary N) is 2. The summed E-state index contributed by atoms with van der Waals surface area (Å²) in [5.41, 5.74) is 7.82. The van der Waals surface area contributed by atoms with E-state index in [2.05, 4.69) is 15.0 Å². The summed E-state index contributed by atoms with van der Waals surface area (Å²) >= 11 is 0. The first kappa shape index (κ1) is 17.8. The van der Waals surface area contributed by atoms with Crippen LogP contribution in [0.2, 0.25) is 0 Å². The number of para-hydroxylation sites is 1. The summed E-state index contributed by atoms with van der Waals surface area (Å²) in [6.45, 7) is 0. The molecule has 0 atom stereocenters. The maximum atomic E-state index is 11.8. The summed E-state index contributed by atoms with van der Waals surface area (Å²) in [6, 6.07) is 17.4. The van der Waals surface area contributed by atoms with Crippen LogP contribution in [0, 0.1) is 0 Å². The van der Waals surface area contributed by atoms with Crippen LogP contribution in [0.4, 0.5) is 23.1 Å². The highest BCUT2D eigenvalue weighted by atomic mass is 32.2. The third-order valence-corrected chi connectivity index (χ3v) is 5.01. The molecule has 2 aromatic carbocycles. The molecular formula is C19H16N6O2S. The number of aromatic nitrogens is 3. The SMILES string of the molecule is Nc1ccnc(N(c2cccc(S(N)(=O)=O)c2)c2cnc3ccccc3c2)n1. The van der Waals surface area contributed by atoms with Crippen LogP contribution in [0.25, 0.3) is 10.9 Å². The Bertz CT molecular complexity index is 1280. The summed E-state index contributed by atoms with van der Waals surface area (Å²) in [5, 5.41) is 6.21. The second kappa shape index (κ2) is 6.87. The molecule has 0 bridgehead atoms. The number of nitrogen functional groups attached to an aromatic ring is 1. The normalized spacial score (nSPS) is 11.5. The largest absolute Gasteiger partial charge is 0.384 e. The second-order valence-corrected chi connectivity index (χ2v) is 7.61. The number of hydrogen-bond donors (Lipinski definition) is 2. The predicted molar refractivity (Wildman–Crippen MR) is 108 cm³/mol. The highest BCUT2D eigenvalue weighted by Gasteiger charge is 2.18. The van der Waals surface area contributed by atoms with Crippen LogP contribution in [-0.4, -0.2) is 23.4 Å². The van der Waals surface area contributed by atoms with Crippen molar-refractivity contribution in [3.05, 3.63) is 73.1 Å². The minimum absolute atomic E-state index is 0.0207. The van der Waals surface area contributed by atoms with Gasteiger partial charge >= 0.3 is 0 Å². The lowest BCUT2D eigenvalue weighted by Crippen LogP contribution is -2.16. The van der Waals surface area contributed by atoms with Crippen molar-refractivity contribution in [2.45, 2.75) is 4.90 Å². The summed E-state index contributed by atoms with van der Waals surface area (Å²) < 4.78 is 23.6. The Labute approximate surface area is 161 Å². The molecule has 9 heteroatoms. The molecule has 2 heterocycles. The van der Waals surface area contributed by atoms with Crippen molar-refractivity contribution in [2.75, 3.05) is 10.6 Å². The van der Waals surface area contributed by atoms with Crippen molar-refractivity contribution >= 4 is 44.1 Å². The van der Waals surface area contributed by atoms with E-state index >= 15 is 0 Å². The van der Waals surface area contributed by atoms with Gasteiger partial charge in [0.1, 0.15) is 5.82 Å². The first-order chi connectivity index (χ1) is 13.4. The van der Waals surface area contributed by atoms with E-state index in [0.29, 0.717) is 11.4 Å². The average molecular weight is 392 g/mol. The van der Waals surface area contributed by atoms with E-state index in [1.54, 1.807) is 29.3 Å². The summed E-state index contributed by atoms with van der Waals surface area (Å²) in [5.74, 6) is 0.565. The number of primary sulfonamides is 1. The van der Waals surface area contributed by atoms with Gasteiger partial charge in [0.05, 0.1) is 28.0 Å². The zero-order valence-corrected chi connectivity index (χ0v) is 15.4. The van der Waals surface area contributed by atoms with Crippen molar-refractivity contribution in [3.8, 4) is 0 Å². The van der Waals surface area contributed by atoms with Gasteiger partial charge in [-0.2, -0.15) is 4.98 Å². The van der Waals surface area contributed by atoms with Crippen LogP contribution in [0.5, 0.6) is 0 Å². The van der Waals surface area contributed by atoms with Gasteiger partial charge in [0.15, 0.2) is 0 Å². The number of sulfonamides is 1. The Kier molecular flexibility index (Phi) is 4.38. The first-order valence-electron chi connectivity index (χ1n) is 8.28. The minimum Gasteiger partial charge on any atom is -0.384 e. The van der Waals surface area contributed by atoms with Crippen LogP contribution >= 0.6 is 0 Å². The van der Waals surface area contributed by atoms with Gasteiger partial charge in [0.25, 0.3) is 0 Å². The fourth-order valence-electron chi connectivity index (χ4n) is 2.83. The number of fused-ring (bicyclic) bond motifs is 1. The molecule has 0 saturated carbocycles. The number of pyridine rings is 1. The van der Waals surface area contributed by atoms with Crippen molar-refractivity contribution in [1.29, 1.82) is 0 Å². The molecule has 0 saturated heterocycles. The Balaban J connectivity index is 1.94. The third kappa shape index (κ3) is 3.48. The van der Waals surface area contributed by atoms with Gasteiger partial charge < -0.3 is 5.73 Å². The molecule has 4 N–H and O–H groups in total. The maximum Gasteiger partial charge on any atom is 0.238 e. The van der Waals surface area contributed by atoms with Crippen molar-refractivity contribution < 1.29 is 8.42 Å². The van der Waals surface area contributed by atoms with Gasteiger partial charge in [0.2, 0.25) is 16.0 Å². The van der Waals surface area contributed by atoms with Crippen molar-refractivity contribution in [1.82, 2.24) is 15.0 Å². The molecule has 0 amide bonds. The lowest BCUT2D eigenvalue weighted by atomic mass is 10.2.